The van der Waals surface area contributed by atoms with Crippen molar-refractivity contribution >= 4 is 29.9 Å². The number of hydrogen-bond acceptors (Lipinski definition) is 2. The number of halogens is 1. The third-order valence-electron chi connectivity index (χ3n) is 4.03. The highest BCUT2D eigenvalue weighted by Crippen LogP contribution is 2.10. The van der Waals surface area contributed by atoms with Gasteiger partial charge >= 0.3 is 0 Å². The van der Waals surface area contributed by atoms with Gasteiger partial charge in [-0.05, 0) is 28.7 Å². The summed E-state index contributed by atoms with van der Waals surface area (Å²) in [5.41, 5.74) is 5.09. The molecule has 25 heavy (non-hydrogen) atoms. The van der Waals surface area contributed by atoms with E-state index >= 15 is 0 Å². The summed E-state index contributed by atoms with van der Waals surface area (Å²) in [6, 6.07) is 16.8. The summed E-state index contributed by atoms with van der Waals surface area (Å²) in [4.78, 5) is 4.31. The van der Waals surface area contributed by atoms with Crippen LogP contribution in [0.25, 0.3) is 0 Å². The number of methoxy groups -OCH3 is 1. The molecule has 0 saturated carbocycles. The standard InChI is InChI=1S/C20H27N3O.HI/c1-4-16-9-5-6-10-17(16)13-22-20(21-2)23-14-18-11-7-8-12-19(18)15-24-3;/h5-12H,4,13-15H2,1-3H3,(H2,21,22,23);1H. The van der Waals surface area contributed by atoms with Crippen molar-refractivity contribution in [2.24, 2.45) is 4.99 Å². The fourth-order valence-electron chi connectivity index (χ4n) is 2.68. The van der Waals surface area contributed by atoms with Crippen molar-refractivity contribution in [3.8, 4) is 0 Å². The zero-order valence-electron chi connectivity index (χ0n) is 15.2. The Hall–Kier alpha value is -1.60. The van der Waals surface area contributed by atoms with Crippen LogP contribution in [0, 0.1) is 0 Å². The number of aliphatic imine (C=N–C) groups is 1. The number of nitrogens with zero attached hydrogens (tertiary/aromatic N) is 1. The molecule has 0 radical (unpaired) electrons. The fraction of sp³-hybridized carbons (Fsp3) is 0.350. The number of guanidine groups is 1. The molecule has 0 aliphatic carbocycles. The number of ether oxygens (including phenoxy) is 1. The van der Waals surface area contributed by atoms with Crippen molar-refractivity contribution in [3.05, 3.63) is 70.8 Å². The van der Waals surface area contributed by atoms with Crippen LogP contribution in [-0.2, 0) is 30.9 Å². The quantitative estimate of drug-likeness (QED) is 0.380. The molecule has 5 heteroatoms. The topological polar surface area (TPSA) is 45.7 Å². The lowest BCUT2D eigenvalue weighted by Crippen LogP contribution is -2.36. The molecule has 0 heterocycles. The van der Waals surface area contributed by atoms with E-state index in [0.717, 1.165) is 18.9 Å². The summed E-state index contributed by atoms with van der Waals surface area (Å²) in [7, 11) is 3.51. The summed E-state index contributed by atoms with van der Waals surface area (Å²) >= 11 is 0. The zero-order valence-corrected chi connectivity index (χ0v) is 17.5. The van der Waals surface area contributed by atoms with Gasteiger partial charge in [0, 0.05) is 27.2 Å². The van der Waals surface area contributed by atoms with Crippen LogP contribution in [-0.4, -0.2) is 20.1 Å². The molecule has 0 aliphatic heterocycles. The highest BCUT2D eigenvalue weighted by atomic mass is 127. The van der Waals surface area contributed by atoms with Gasteiger partial charge in [0.15, 0.2) is 5.96 Å². The van der Waals surface area contributed by atoms with Gasteiger partial charge in [-0.25, -0.2) is 0 Å². The first-order valence-electron chi connectivity index (χ1n) is 8.35. The Morgan fingerprint density at radius 2 is 1.36 bits per heavy atom. The van der Waals surface area contributed by atoms with Gasteiger partial charge in [-0.3, -0.25) is 4.99 Å². The van der Waals surface area contributed by atoms with Gasteiger partial charge in [0.25, 0.3) is 0 Å². The Balaban J connectivity index is 0.00000312. The first kappa shape index (κ1) is 21.4. The molecular weight excluding hydrogens is 425 g/mol. The van der Waals surface area contributed by atoms with Crippen LogP contribution in [0.4, 0.5) is 0 Å². The van der Waals surface area contributed by atoms with Gasteiger partial charge in [0.2, 0.25) is 0 Å². The molecule has 2 N–H and O–H groups in total. The molecule has 0 spiro atoms. The van der Waals surface area contributed by atoms with Crippen LogP contribution in [0.15, 0.2) is 53.5 Å². The molecule has 0 aromatic heterocycles. The second-order valence-electron chi connectivity index (χ2n) is 5.60. The minimum atomic E-state index is 0. The van der Waals surface area contributed by atoms with Crippen LogP contribution < -0.4 is 10.6 Å². The molecule has 0 fully saturated rings. The number of nitrogens with one attached hydrogen (secondary N) is 2. The Morgan fingerprint density at radius 3 is 1.84 bits per heavy atom. The monoisotopic (exact) mass is 453 g/mol. The molecule has 4 nitrogen and oxygen atoms in total. The second kappa shape index (κ2) is 11.9. The van der Waals surface area contributed by atoms with Gasteiger partial charge in [-0.2, -0.15) is 0 Å². The van der Waals surface area contributed by atoms with E-state index in [1.54, 1.807) is 14.2 Å². The predicted molar refractivity (Wildman–Crippen MR) is 115 cm³/mol. The van der Waals surface area contributed by atoms with Gasteiger partial charge < -0.3 is 15.4 Å². The van der Waals surface area contributed by atoms with E-state index in [9.17, 15) is 0 Å². The van der Waals surface area contributed by atoms with Crippen molar-refractivity contribution in [2.45, 2.75) is 33.0 Å². The molecule has 136 valence electrons. The SMILES string of the molecule is CCc1ccccc1CNC(=NC)NCc1ccccc1COC.I. The summed E-state index contributed by atoms with van der Waals surface area (Å²) in [5, 5.41) is 6.77. The predicted octanol–water partition coefficient (Wildman–Crippen LogP) is 3.88. The maximum atomic E-state index is 5.26. The van der Waals surface area contributed by atoms with Gasteiger partial charge in [-0.15, -0.1) is 24.0 Å². The molecular formula is C20H28IN3O. The van der Waals surface area contributed by atoms with Crippen LogP contribution >= 0.6 is 24.0 Å². The van der Waals surface area contributed by atoms with Crippen LogP contribution in [0.1, 0.15) is 29.2 Å². The fourth-order valence-corrected chi connectivity index (χ4v) is 2.68. The van der Waals surface area contributed by atoms with Gasteiger partial charge in [0.1, 0.15) is 0 Å². The normalized spacial score (nSPS) is 10.9. The Bertz CT molecular complexity index is 673. The third kappa shape index (κ3) is 6.66. The minimum Gasteiger partial charge on any atom is -0.380 e. The maximum absolute atomic E-state index is 5.26. The summed E-state index contributed by atoms with van der Waals surface area (Å²) < 4.78 is 5.26. The zero-order chi connectivity index (χ0) is 17.2. The van der Waals surface area contributed by atoms with Crippen molar-refractivity contribution < 1.29 is 4.74 Å². The lowest BCUT2D eigenvalue weighted by molar-refractivity contribution is 0.184. The number of benzene rings is 2. The highest BCUT2D eigenvalue weighted by Gasteiger charge is 2.04. The van der Waals surface area contributed by atoms with E-state index in [1.165, 1.54) is 22.3 Å². The van der Waals surface area contributed by atoms with Crippen molar-refractivity contribution in [1.82, 2.24) is 10.6 Å². The number of rotatable bonds is 7. The molecule has 2 aromatic carbocycles. The maximum Gasteiger partial charge on any atom is 0.191 e. The summed E-state index contributed by atoms with van der Waals surface area (Å²) in [6.07, 6.45) is 1.04. The van der Waals surface area contributed by atoms with Crippen LogP contribution in [0.3, 0.4) is 0 Å². The van der Waals surface area contributed by atoms with E-state index < -0.39 is 0 Å². The molecule has 0 amide bonds. The number of hydrogen-bond donors (Lipinski definition) is 2. The lowest BCUT2D eigenvalue weighted by atomic mass is 10.1. The Kier molecular flexibility index (Phi) is 10.2. The molecule has 0 saturated heterocycles. The molecule has 2 rings (SSSR count). The van der Waals surface area contributed by atoms with E-state index in [1.807, 2.05) is 12.1 Å². The molecule has 0 bridgehead atoms. The van der Waals surface area contributed by atoms with E-state index in [0.29, 0.717) is 13.2 Å². The van der Waals surface area contributed by atoms with Crippen molar-refractivity contribution in [1.29, 1.82) is 0 Å². The van der Waals surface area contributed by atoms with E-state index in [4.69, 9.17) is 4.74 Å². The molecule has 0 aliphatic rings. The smallest absolute Gasteiger partial charge is 0.191 e. The Morgan fingerprint density at radius 1 is 0.880 bits per heavy atom. The largest absolute Gasteiger partial charge is 0.380 e. The van der Waals surface area contributed by atoms with Crippen LogP contribution in [0.5, 0.6) is 0 Å². The molecule has 0 atom stereocenters. The van der Waals surface area contributed by atoms with E-state index in [2.05, 4.69) is 58.9 Å². The van der Waals surface area contributed by atoms with Gasteiger partial charge in [0.05, 0.1) is 6.61 Å². The average Bonchev–Trinajstić information content (AvgIpc) is 2.63. The highest BCUT2D eigenvalue weighted by molar-refractivity contribution is 14.0. The average molecular weight is 453 g/mol. The molecule has 2 aromatic rings. The summed E-state index contributed by atoms with van der Waals surface area (Å²) in [5.74, 6) is 0.799. The number of aryl methyl sites for hydroxylation is 1. The van der Waals surface area contributed by atoms with Gasteiger partial charge in [-0.1, -0.05) is 55.5 Å². The first-order chi connectivity index (χ1) is 11.8. The minimum absolute atomic E-state index is 0. The summed E-state index contributed by atoms with van der Waals surface area (Å²) in [6.45, 7) is 4.28. The lowest BCUT2D eigenvalue weighted by Gasteiger charge is -2.15. The second-order valence-corrected chi connectivity index (χ2v) is 5.60. The third-order valence-corrected chi connectivity index (χ3v) is 4.03. The van der Waals surface area contributed by atoms with Crippen LogP contribution in [0.2, 0.25) is 0 Å². The first-order valence-corrected chi connectivity index (χ1v) is 8.35. The van der Waals surface area contributed by atoms with E-state index in [-0.39, 0.29) is 24.0 Å². The Labute approximate surface area is 168 Å². The van der Waals surface area contributed by atoms with Crippen molar-refractivity contribution in [3.63, 3.8) is 0 Å². The molecule has 0 unspecified atom stereocenters. The van der Waals surface area contributed by atoms with Crippen molar-refractivity contribution in [2.75, 3.05) is 14.2 Å².